The van der Waals surface area contributed by atoms with E-state index in [0.717, 1.165) is 18.4 Å². The van der Waals surface area contributed by atoms with Gasteiger partial charge in [0.1, 0.15) is 0 Å². The van der Waals surface area contributed by atoms with E-state index in [1.165, 1.54) is 12.8 Å². The van der Waals surface area contributed by atoms with Gasteiger partial charge in [0.05, 0.1) is 6.10 Å². The third-order valence-electron chi connectivity index (χ3n) is 2.39. The van der Waals surface area contributed by atoms with E-state index in [2.05, 4.69) is 6.92 Å². The lowest BCUT2D eigenvalue weighted by Crippen LogP contribution is -2.09. The number of unbranched alkanes of at least 4 members (excludes halogenated alkanes) is 2. The number of hydrogen-bond acceptors (Lipinski definition) is 2. The summed E-state index contributed by atoms with van der Waals surface area (Å²) in [7, 11) is 1.69. The Morgan fingerprint density at radius 3 is 2.43 bits per heavy atom. The molecular formula is C12H22O2. The standard InChI is InChI=1S/C12H22O2/c1-5-6-7-8-12(14-4)9-10(2)11(3)13/h9,12H,5-8H2,1-4H3/b10-9+. The fraction of sp³-hybridized carbons (Fsp3) is 0.750. The number of ether oxygens (including phenoxy) is 1. The lowest BCUT2D eigenvalue weighted by molar-refractivity contribution is -0.113. The van der Waals surface area contributed by atoms with E-state index in [0.29, 0.717) is 0 Å². The van der Waals surface area contributed by atoms with Gasteiger partial charge in [-0.25, -0.2) is 0 Å². The molecule has 0 N–H and O–H groups in total. The number of hydrogen-bond donors (Lipinski definition) is 0. The van der Waals surface area contributed by atoms with Crippen LogP contribution >= 0.6 is 0 Å². The zero-order valence-corrected chi connectivity index (χ0v) is 9.80. The van der Waals surface area contributed by atoms with Gasteiger partial charge in [0.25, 0.3) is 0 Å². The molecule has 0 aliphatic heterocycles. The van der Waals surface area contributed by atoms with Crippen molar-refractivity contribution in [1.29, 1.82) is 0 Å². The average Bonchev–Trinajstić information content (AvgIpc) is 2.16. The van der Waals surface area contributed by atoms with Crippen LogP contribution in [-0.4, -0.2) is 19.0 Å². The maximum atomic E-state index is 11.0. The molecular weight excluding hydrogens is 176 g/mol. The third-order valence-corrected chi connectivity index (χ3v) is 2.39. The predicted molar refractivity (Wildman–Crippen MR) is 59.4 cm³/mol. The molecule has 0 rings (SSSR count). The first-order valence-corrected chi connectivity index (χ1v) is 5.34. The van der Waals surface area contributed by atoms with Crippen molar-refractivity contribution in [2.75, 3.05) is 7.11 Å². The summed E-state index contributed by atoms with van der Waals surface area (Å²) in [5.74, 6) is 0.127. The van der Waals surface area contributed by atoms with Gasteiger partial charge in [-0.2, -0.15) is 0 Å². The fourth-order valence-electron chi connectivity index (χ4n) is 1.26. The molecule has 1 atom stereocenters. The Kier molecular flexibility index (Phi) is 7.40. The van der Waals surface area contributed by atoms with E-state index in [9.17, 15) is 4.79 Å². The molecule has 0 radical (unpaired) electrons. The van der Waals surface area contributed by atoms with Gasteiger partial charge in [-0.1, -0.05) is 26.2 Å². The Labute approximate surface area is 87.3 Å². The Balaban J connectivity index is 4.01. The zero-order valence-electron chi connectivity index (χ0n) is 9.80. The molecule has 2 heteroatoms. The molecule has 0 aromatic carbocycles. The topological polar surface area (TPSA) is 26.3 Å². The molecule has 0 aromatic heterocycles. The first kappa shape index (κ1) is 13.4. The van der Waals surface area contributed by atoms with Crippen LogP contribution in [0.25, 0.3) is 0 Å². The molecule has 0 saturated carbocycles. The SMILES string of the molecule is CCCCCC(/C=C(\C)C(C)=O)OC. The van der Waals surface area contributed by atoms with Crippen molar-refractivity contribution in [2.24, 2.45) is 0 Å². The van der Waals surface area contributed by atoms with Crippen molar-refractivity contribution in [3.05, 3.63) is 11.6 Å². The Bertz CT molecular complexity index is 194. The van der Waals surface area contributed by atoms with Gasteiger partial charge in [0.15, 0.2) is 5.78 Å². The average molecular weight is 198 g/mol. The van der Waals surface area contributed by atoms with Crippen molar-refractivity contribution in [1.82, 2.24) is 0 Å². The van der Waals surface area contributed by atoms with Gasteiger partial charge in [-0.3, -0.25) is 4.79 Å². The minimum absolute atomic E-state index is 0.102. The van der Waals surface area contributed by atoms with Gasteiger partial charge in [0.2, 0.25) is 0 Å². The highest BCUT2D eigenvalue weighted by atomic mass is 16.5. The minimum Gasteiger partial charge on any atom is -0.377 e. The summed E-state index contributed by atoms with van der Waals surface area (Å²) in [5, 5.41) is 0. The second kappa shape index (κ2) is 7.74. The first-order valence-electron chi connectivity index (χ1n) is 5.34. The highest BCUT2D eigenvalue weighted by molar-refractivity contribution is 5.92. The van der Waals surface area contributed by atoms with Crippen molar-refractivity contribution in [2.45, 2.75) is 52.6 Å². The lowest BCUT2D eigenvalue weighted by Gasteiger charge is -2.11. The second-order valence-electron chi connectivity index (χ2n) is 3.68. The summed E-state index contributed by atoms with van der Waals surface area (Å²) >= 11 is 0. The number of ketones is 1. The maximum Gasteiger partial charge on any atom is 0.155 e. The van der Waals surface area contributed by atoms with Crippen molar-refractivity contribution >= 4 is 5.78 Å². The number of rotatable bonds is 7. The van der Waals surface area contributed by atoms with Crippen LogP contribution in [0, 0.1) is 0 Å². The first-order chi connectivity index (χ1) is 6.61. The summed E-state index contributed by atoms with van der Waals surface area (Å²) in [6.07, 6.45) is 6.65. The van der Waals surface area contributed by atoms with E-state index < -0.39 is 0 Å². The van der Waals surface area contributed by atoms with Crippen molar-refractivity contribution < 1.29 is 9.53 Å². The number of allylic oxidation sites excluding steroid dienone is 1. The van der Waals surface area contributed by atoms with Crippen LogP contribution in [0.3, 0.4) is 0 Å². The number of carbonyl (C=O) groups excluding carboxylic acids is 1. The summed E-state index contributed by atoms with van der Waals surface area (Å²) in [6, 6.07) is 0. The van der Waals surface area contributed by atoms with Gasteiger partial charge >= 0.3 is 0 Å². The van der Waals surface area contributed by atoms with Crippen LogP contribution in [-0.2, 0) is 9.53 Å². The molecule has 2 nitrogen and oxygen atoms in total. The normalized spacial score (nSPS) is 14.1. The minimum atomic E-state index is 0.102. The molecule has 14 heavy (non-hydrogen) atoms. The molecule has 82 valence electrons. The van der Waals surface area contributed by atoms with E-state index in [1.807, 2.05) is 13.0 Å². The largest absolute Gasteiger partial charge is 0.377 e. The second-order valence-corrected chi connectivity index (χ2v) is 3.68. The molecule has 1 unspecified atom stereocenters. The van der Waals surface area contributed by atoms with Gasteiger partial charge < -0.3 is 4.74 Å². The molecule has 0 fully saturated rings. The quantitative estimate of drug-likeness (QED) is 0.464. The van der Waals surface area contributed by atoms with E-state index in [-0.39, 0.29) is 11.9 Å². The summed E-state index contributed by atoms with van der Waals surface area (Å²) in [5.41, 5.74) is 0.799. The van der Waals surface area contributed by atoms with Crippen molar-refractivity contribution in [3.63, 3.8) is 0 Å². The lowest BCUT2D eigenvalue weighted by atomic mass is 10.1. The summed E-state index contributed by atoms with van der Waals surface area (Å²) < 4.78 is 5.29. The molecule has 0 aromatic rings. The number of carbonyl (C=O) groups is 1. The van der Waals surface area contributed by atoms with Crippen LogP contribution in [0.4, 0.5) is 0 Å². The molecule has 0 amide bonds. The fourth-order valence-corrected chi connectivity index (χ4v) is 1.26. The van der Waals surface area contributed by atoms with Crippen LogP contribution in [0.5, 0.6) is 0 Å². The van der Waals surface area contributed by atoms with Gasteiger partial charge in [-0.05, 0) is 31.9 Å². The van der Waals surface area contributed by atoms with E-state index in [4.69, 9.17) is 4.74 Å². The van der Waals surface area contributed by atoms with E-state index in [1.54, 1.807) is 14.0 Å². The number of Topliss-reactive ketones (excluding diaryl/α,β-unsaturated/α-hetero) is 1. The molecule has 0 saturated heterocycles. The molecule has 0 aliphatic rings. The molecule has 0 spiro atoms. The van der Waals surface area contributed by atoms with Crippen molar-refractivity contribution in [3.8, 4) is 0 Å². The highest BCUT2D eigenvalue weighted by Crippen LogP contribution is 2.09. The van der Waals surface area contributed by atoms with Gasteiger partial charge in [0, 0.05) is 7.11 Å². The molecule has 0 heterocycles. The molecule has 0 bridgehead atoms. The maximum absolute atomic E-state index is 11.0. The Hall–Kier alpha value is -0.630. The van der Waals surface area contributed by atoms with Crippen LogP contribution < -0.4 is 0 Å². The number of methoxy groups -OCH3 is 1. The third kappa shape index (κ3) is 5.92. The smallest absolute Gasteiger partial charge is 0.155 e. The monoisotopic (exact) mass is 198 g/mol. The summed E-state index contributed by atoms with van der Waals surface area (Å²) in [4.78, 5) is 11.0. The van der Waals surface area contributed by atoms with Gasteiger partial charge in [-0.15, -0.1) is 0 Å². The van der Waals surface area contributed by atoms with E-state index >= 15 is 0 Å². The Morgan fingerprint density at radius 1 is 1.36 bits per heavy atom. The van der Waals surface area contributed by atoms with Crippen LogP contribution in [0.1, 0.15) is 46.5 Å². The highest BCUT2D eigenvalue weighted by Gasteiger charge is 2.05. The zero-order chi connectivity index (χ0) is 11.0. The predicted octanol–water partition coefficient (Wildman–Crippen LogP) is 3.12. The molecule has 0 aliphatic carbocycles. The summed E-state index contributed by atoms with van der Waals surface area (Å²) in [6.45, 7) is 5.61. The van der Waals surface area contributed by atoms with Crippen LogP contribution in [0.15, 0.2) is 11.6 Å². The van der Waals surface area contributed by atoms with Crippen LogP contribution in [0.2, 0.25) is 0 Å². The Morgan fingerprint density at radius 2 is 2.00 bits per heavy atom.